The molecule has 0 radical (unpaired) electrons. The van der Waals surface area contributed by atoms with Gasteiger partial charge in [0, 0.05) is 16.5 Å². The number of non-ortho nitro benzene ring substituents is 1. The van der Waals surface area contributed by atoms with Gasteiger partial charge in [0.05, 0.1) is 12.0 Å². The van der Waals surface area contributed by atoms with Crippen LogP contribution in [0.15, 0.2) is 51.1 Å². The van der Waals surface area contributed by atoms with E-state index in [9.17, 15) is 10.1 Å². The van der Waals surface area contributed by atoms with Gasteiger partial charge in [-0.05, 0) is 52.4 Å². The van der Waals surface area contributed by atoms with Crippen molar-refractivity contribution in [3.8, 4) is 17.1 Å². The SMILES string of the molecule is COc1ccc(-c2nc(Sc3ccc([N+](=O)[O-])c4nonc34)n[nH]2)cc1. The molecule has 1 N–H and O–H groups in total. The lowest BCUT2D eigenvalue weighted by Crippen LogP contribution is -1.90. The number of hydrogen-bond acceptors (Lipinski definition) is 9. The van der Waals surface area contributed by atoms with E-state index in [4.69, 9.17) is 4.74 Å². The summed E-state index contributed by atoms with van der Waals surface area (Å²) >= 11 is 1.20. The Balaban J connectivity index is 1.63. The number of nitro groups is 1. The molecule has 0 amide bonds. The van der Waals surface area contributed by atoms with Gasteiger partial charge in [0.25, 0.3) is 0 Å². The minimum atomic E-state index is -0.532. The predicted molar refractivity (Wildman–Crippen MR) is 91.0 cm³/mol. The highest BCUT2D eigenvalue weighted by Crippen LogP contribution is 2.34. The number of hydrogen-bond donors (Lipinski definition) is 1. The summed E-state index contributed by atoms with van der Waals surface area (Å²) in [6.45, 7) is 0. The lowest BCUT2D eigenvalue weighted by Gasteiger charge is -2.00. The van der Waals surface area contributed by atoms with Gasteiger partial charge >= 0.3 is 5.69 Å². The molecule has 26 heavy (non-hydrogen) atoms. The molecule has 130 valence electrons. The molecule has 2 aromatic carbocycles. The molecule has 0 fully saturated rings. The highest BCUT2D eigenvalue weighted by Gasteiger charge is 2.21. The maximum Gasteiger partial charge on any atom is 0.300 e. The van der Waals surface area contributed by atoms with Crippen LogP contribution >= 0.6 is 11.8 Å². The molecule has 0 aliphatic carbocycles. The highest BCUT2D eigenvalue weighted by atomic mass is 32.2. The fraction of sp³-hybridized carbons (Fsp3) is 0.0667. The Bertz CT molecular complexity index is 1090. The molecule has 0 aliphatic rings. The van der Waals surface area contributed by atoms with Crippen LogP contribution in [0.3, 0.4) is 0 Å². The van der Waals surface area contributed by atoms with Gasteiger partial charge in [0.2, 0.25) is 10.7 Å². The first-order valence-electron chi connectivity index (χ1n) is 7.30. The van der Waals surface area contributed by atoms with E-state index in [1.165, 1.54) is 17.8 Å². The van der Waals surface area contributed by atoms with Gasteiger partial charge in [-0.1, -0.05) is 0 Å². The first kappa shape index (κ1) is 16.0. The fourth-order valence-corrected chi connectivity index (χ4v) is 3.12. The quantitative estimate of drug-likeness (QED) is 0.415. The number of fused-ring (bicyclic) bond motifs is 1. The number of nitrogens with zero attached hydrogens (tertiary/aromatic N) is 5. The van der Waals surface area contributed by atoms with E-state index < -0.39 is 4.92 Å². The van der Waals surface area contributed by atoms with E-state index in [-0.39, 0.29) is 11.2 Å². The molecule has 0 saturated heterocycles. The molecule has 11 heteroatoms. The summed E-state index contributed by atoms with van der Waals surface area (Å²) < 4.78 is 9.78. The second-order valence-electron chi connectivity index (χ2n) is 5.10. The van der Waals surface area contributed by atoms with Crippen LogP contribution in [0, 0.1) is 10.1 Å². The molecule has 0 spiro atoms. The van der Waals surface area contributed by atoms with Gasteiger partial charge in [-0.15, -0.1) is 5.10 Å². The van der Waals surface area contributed by atoms with Crippen molar-refractivity contribution in [2.24, 2.45) is 0 Å². The molecule has 4 rings (SSSR count). The van der Waals surface area contributed by atoms with Gasteiger partial charge in [-0.25, -0.2) is 9.61 Å². The summed E-state index contributed by atoms with van der Waals surface area (Å²) in [6, 6.07) is 10.3. The number of nitrogens with one attached hydrogen (secondary N) is 1. The Labute approximate surface area is 149 Å². The van der Waals surface area contributed by atoms with E-state index >= 15 is 0 Å². The van der Waals surface area contributed by atoms with Crippen LogP contribution in [-0.2, 0) is 0 Å². The topological polar surface area (TPSA) is 133 Å². The zero-order valence-electron chi connectivity index (χ0n) is 13.2. The minimum absolute atomic E-state index is 0.0888. The monoisotopic (exact) mass is 370 g/mol. The largest absolute Gasteiger partial charge is 0.497 e. The normalized spacial score (nSPS) is 11.0. The molecule has 10 nitrogen and oxygen atoms in total. The molecule has 0 bridgehead atoms. The van der Waals surface area contributed by atoms with E-state index in [1.54, 1.807) is 13.2 Å². The smallest absolute Gasteiger partial charge is 0.300 e. The average molecular weight is 370 g/mol. The molecule has 2 aromatic heterocycles. The van der Waals surface area contributed by atoms with Gasteiger partial charge in [-0.3, -0.25) is 15.2 Å². The molecule has 0 atom stereocenters. The Hall–Kier alpha value is -3.47. The van der Waals surface area contributed by atoms with E-state index in [0.29, 0.717) is 21.4 Å². The number of H-pyrrole nitrogens is 1. The molecular weight excluding hydrogens is 360 g/mol. The lowest BCUT2D eigenvalue weighted by molar-refractivity contribution is -0.383. The lowest BCUT2D eigenvalue weighted by atomic mass is 10.2. The van der Waals surface area contributed by atoms with Crippen LogP contribution in [0.25, 0.3) is 22.4 Å². The Morgan fingerprint density at radius 2 is 1.92 bits per heavy atom. The van der Waals surface area contributed by atoms with Crippen LogP contribution in [0.2, 0.25) is 0 Å². The second kappa shape index (κ2) is 6.44. The summed E-state index contributed by atoms with van der Waals surface area (Å²) in [4.78, 5) is 15.5. The highest BCUT2D eigenvalue weighted by molar-refractivity contribution is 7.99. The maximum absolute atomic E-state index is 11.0. The van der Waals surface area contributed by atoms with Gasteiger partial charge in [0.1, 0.15) is 5.75 Å². The van der Waals surface area contributed by atoms with Crippen LogP contribution in [0.5, 0.6) is 5.75 Å². The summed E-state index contributed by atoms with van der Waals surface area (Å²) in [6.07, 6.45) is 0. The third-order valence-corrected chi connectivity index (χ3v) is 4.50. The zero-order chi connectivity index (χ0) is 18.1. The first-order chi connectivity index (χ1) is 12.7. The fourth-order valence-electron chi connectivity index (χ4n) is 2.33. The number of aromatic nitrogens is 5. The average Bonchev–Trinajstić information content (AvgIpc) is 3.31. The van der Waals surface area contributed by atoms with Crippen LogP contribution in [0.4, 0.5) is 5.69 Å². The molecule has 2 heterocycles. The standard InChI is InChI=1S/C15H10N6O4S/c1-24-9-4-2-8(3-5-9)14-16-15(18-17-14)26-11-7-6-10(21(22)23)12-13(11)20-25-19-12/h2-7H,1H3,(H,16,17,18). The first-order valence-corrected chi connectivity index (χ1v) is 8.11. The molecule has 0 unspecified atom stereocenters. The summed E-state index contributed by atoms with van der Waals surface area (Å²) in [5, 5.41) is 25.9. The summed E-state index contributed by atoms with van der Waals surface area (Å²) in [7, 11) is 1.60. The van der Waals surface area contributed by atoms with Crippen molar-refractivity contribution in [1.29, 1.82) is 0 Å². The van der Waals surface area contributed by atoms with Gasteiger partial charge in [0.15, 0.2) is 11.3 Å². The predicted octanol–water partition coefficient (Wildman–Crippen LogP) is 3.08. The van der Waals surface area contributed by atoms with Crippen molar-refractivity contribution in [2.45, 2.75) is 10.1 Å². The van der Waals surface area contributed by atoms with Crippen LogP contribution in [-0.4, -0.2) is 37.5 Å². The van der Waals surface area contributed by atoms with E-state index in [1.807, 2.05) is 24.3 Å². The number of aromatic amines is 1. The Morgan fingerprint density at radius 1 is 1.15 bits per heavy atom. The molecule has 0 saturated carbocycles. The zero-order valence-corrected chi connectivity index (χ0v) is 14.1. The van der Waals surface area contributed by atoms with Crippen molar-refractivity contribution >= 4 is 28.5 Å². The summed E-state index contributed by atoms with van der Waals surface area (Å²) in [5.41, 5.74) is 1.06. The van der Waals surface area contributed by atoms with Crippen molar-refractivity contribution < 1.29 is 14.3 Å². The minimum Gasteiger partial charge on any atom is -0.497 e. The van der Waals surface area contributed by atoms with E-state index in [0.717, 1.165) is 11.3 Å². The Morgan fingerprint density at radius 3 is 2.65 bits per heavy atom. The molecule has 0 aliphatic heterocycles. The van der Waals surface area contributed by atoms with Crippen LogP contribution < -0.4 is 4.74 Å². The maximum atomic E-state index is 11.0. The van der Waals surface area contributed by atoms with Crippen molar-refractivity contribution in [2.75, 3.05) is 7.11 Å². The summed E-state index contributed by atoms with van der Waals surface area (Å²) in [5.74, 6) is 1.33. The van der Waals surface area contributed by atoms with Crippen molar-refractivity contribution in [3.05, 3.63) is 46.5 Å². The van der Waals surface area contributed by atoms with Gasteiger partial charge < -0.3 is 4.74 Å². The van der Waals surface area contributed by atoms with Gasteiger partial charge in [-0.2, -0.15) is 0 Å². The second-order valence-corrected chi connectivity index (χ2v) is 6.11. The number of nitro benzene ring substituents is 1. The molecular formula is C15H10N6O4S. The van der Waals surface area contributed by atoms with Crippen molar-refractivity contribution in [3.63, 3.8) is 0 Å². The number of rotatable bonds is 5. The third-order valence-electron chi connectivity index (χ3n) is 3.58. The van der Waals surface area contributed by atoms with E-state index in [2.05, 4.69) is 30.1 Å². The van der Waals surface area contributed by atoms with Crippen LogP contribution in [0.1, 0.15) is 0 Å². The molecule has 4 aromatic rings. The van der Waals surface area contributed by atoms with Crippen molar-refractivity contribution in [1.82, 2.24) is 25.5 Å². The number of benzene rings is 2. The Kier molecular flexibility index (Phi) is 3.97. The number of methoxy groups -OCH3 is 1. The third kappa shape index (κ3) is 2.84. The number of ether oxygens (including phenoxy) is 1.